The number of hydrogen-bond acceptors (Lipinski definition) is 2. The summed E-state index contributed by atoms with van der Waals surface area (Å²) in [5.41, 5.74) is 0.817. The molecule has 2 aliphatic rings. The Labute approximate surface area is 160 Å². The van der Waals surface area contributed by atoms with Gasteiger partial charge in [0.25, 0.3) is 0 Å². The summed E-state index contributed by atoms with van der Waals surface area (Å²) in [4.78, 5) is 0. The fraction of sp³-hybridized carbons (Fsp3) is 0.619. The number of aromatic nitrogens is 3. The molecule has 0 spiro atoms. The summed E-state index contributed by atoms with van der Waals surface area (Å²) in [7, 11) is 0. The molecule has 1 heterocycles. The molecule has 4 rings (SSSR count). The van der Waals surface area contributed by atoms with E-state index in [-0.39, 0.29) is 12.1 Å². The lowest BCUT2D eigenvalue weighted by Crippen LogP contribution is -2.33. The monoisotopic (exact) mass is 375 g/mol. The lowest BCUT2D eigenvalue weighted by molar-refractivity contribution is 0.332. The molecule has 2 saturated carbocycles. The van der Waals surface area contributed by atoms with Crippen molar-refractivity contribution in [3.63, 3.8) is 0 Å². The first-order chi connectivity index (χ1) is 12.5. The summed E-state index contributed by atoms with van der Waals surface area (Å²) >= 11 is 6.12. The molecule has 2 aliphatic carbocycles. The van der Waals surface area contributed by atoms with Crippen molar-refractivity contribution in [3.8, 4) is 0 Å². The molecule has 0 bridgehead atoms. The fourth-order valence-electron chi connectivity index (χ4n) is 4.24. The normalized spacial score (nSPS) is 20.8. The Morgan fingerprint density at radius 1 is 1.19 bits per heavy atom. The van der Waals surface area contributed by atoms with Crippen molar-refractivity contribution in [2.75, 3.05) is 6.67 Å². The molecule has 2 aromatic rings. The van der Waals surface area contributed by atoms with Crippen LogP contribution in [0.1, 0.15) is 82.0 Å². The minimum absolute atomic E-state index is 0.154. The second kappa shape index (κ2) is 6.63. The molecular formula is C21H27ClFN3. The Morgan fingerprint density at radius 3 is 2.42 bits per heavy atom. The first-order valence-corrected chi connectivity index (χ1v) is 10.2. The number of hydrogen-bond donors (Lipinski definition) is 0. The molecule has 1 aromatic heterocycles. The van der Waals surface area contributed by atoms with Crippen LogP contribution in [0.25, 0.3) is 0 Å². The molecule has 26 heavy (non-hydrogen) atoms. The third-order valence-corrected chi connectivity index (χ3v) is 6.42. The number of nitrogens with zero attached hydrogens (tertiary/aromatic N) is 3. The average Bonchev–Trinajstić information content (AvgIpc) is 3.55. The summed E-state index contributed by atoms with van der Waals surface area (Å²) in [6, 6.07) is 8.37. The Bertz CT molecular complexity index is 769. The second-order valence-electron chi connectivity index (χ2n) is 8.29. The van der Waals surface area contributed by atoms with Crippen molar-refractivity contribution in [2.45, 2.75) is 75.7 Å². The van der Waals surface area contributed by atoms with Gasteiger partial charge in [-0.2, -0.15) is 0 Å². The maximum Gasteiger partial charge on any atom is 0.144 e. The molecule has 0 aliphatic heterocycles. The van der Waals surface area contributed by atoms with E-state index in [1.54, 1.807) is 0 Å². The van der Waals surface area contributed by atoms with E-state index in [4.69, 9.17) is 16.7 Å². The lowest BCUT2D eigenvalue weighted by Gasteiger charge is -2.33. The maximum atomic E-state index is 13.8. The van der Waals surface area contributed by atoms with Crippen LogP contribution in [0.4, 0.5) is 4.39 Å². The van der Waals surface area contributed by atoms with E-state index < -0.39 is 5.41 Å². The zero-order valence-corrected chi connectivity index (χ0v) is 16.4. The predicted molar refractivity (Wildman–Crippen MR) is 103 cm³/mol. The molecule has 0 saturated heterocycles. The number of alkyl halides is 1. The molecule has 1 atom stereocenters. The lowest BCUT2D eigenvalue weighted by atomic mass is 9.73. The Kier molecular flexibility index (Phi) is 4.58. The van der Waals surface area contributed by atoms with Gasteiger partial charge in [-0.1, -0.05) is 44.0 Å². The molecule has 0 amide bonds. The van der Waals surface area contributed by atoms with Crippen molar-refractivity contribution in [3.05, 3.63) is 46.5 Å². The van der Waals surface area contributed by atoms with Gasteiger partial charge in [-0.25, -0.2) is 0 Å². The summed E-state index contributed by atoms with van der Waals surface area (Å²) in [5, 5.41) is 10.1. The standard InChI is InChI=1S/C21H27ClFN3/c1-3-10-21(13-14-23,15-4-6-16(22)7-5-15)19-25-24-18(20(2)11-12-20)26(19)17-8-9-17/h4-7,17H,3,8-14H2,1-2H3/t21-/m1/s1. The topological polar surface area (TPSA) is 30.7 Å². The smallest absolute Gasteiger partial charge is 0.144 e. The van der Waals surface area contributed by atoms with Gasteiger partial charge in [0, 0.05) is 16.5 Å². The third kappa shape index (κ3) is 2.96. The summed E-state index contributed by atoms with van der Waals surface area (Å²) in [6.07, 6.45) is 6.95. The molecule has 5 heteroatoms. The van der Waals surface area contributed by atoms with Crippen LogP contribution < -0.4 is 0 Å². The van der Waals surface area contributed by atoms with Gasteiger partial charge < -0.3 is 4.57 Å². The van der Waals surface area contributed by atoms with Crippen LogP contribution in [0.15, 0.2) is 24.3 Å². The molecular weight excluding hydrogens is 349 g/mol. The molecule has 0 radical (unpaired) electrons. The Morgan fingerprint density at radius 2 is 1.88 bits per heavy atom. The molecule has 140 valence electrons. The molecule has 1 aromatic carbocycles. The van der Waals surface area contributed by atoms with Crippen LogP contribution in [0, 0.1) is 0 Å². The van der Waals surface area contributed by atoms with Crippen LogP contribution >= 0.6 is 11.6 Å². The van der Waals surface area contributed by atoms with Gasteiger partial charge >= 0.3 is 0 Å². The van der Waals surface area contributed by atoms with Gasteiger partial charge in [0.1, 0.15) is 11.6 Å². The first-order valence-electron chi connectivity index (χ1n) is 9.82. The summed E-state index contributed by atoms with van der Waals surface area (Å²) in [6.45, 7) is 4.06. The molecule has 0 N–H and O–H groups in total. The van der Waals surface area contributed by atoms with Crippen LogP contribution in [0.5, 0.6) is 0 Å². The Balaban J connectivity index is 1.89. The second-order valence-corrected chi connectivity index (χ2v) is 8.72. The minimum atomic E-state index is -0.437. The van der Waals surface area contributed by atoms with Crippen molar-refractivity contribution in [1.29, 1.82) is 0 Å². The highest BCUT2D eigenvalue weighted by atomic mass is 35.5. The first kappa shape index (κ1) is 18.0. The van der Waals surface area contributed by atoms with Gasteiger partial charge in [-0.15, -0.1) is 10.2 Å². The van der Waals surface area contributed by atoms with Gasteiger partial charge in [0.15, 0.2) is 0 Å². The minimum Gasteiger partial charge on any atom is -0.311 e. The Hall–Kier alpha value is -1.42. The largest absolute Gasteiger partial charge is 0.311 e. The van der Waals surface area contributed by atoms with E-state index >= 15 is 0 Å². The van der Waals surface area contributed by atoms with Crippen molar-refractivity contribution < 1.29 is 4.39 Å². The van der Waals surface area contributed by atoms with E-state index in [0.717, 1.165) is 30.1 Å². The maximum absolute atomic E-state index is 13.8. The van der Waals surface area contributed by atoms with Crippen LogP contribution in [0.3, 0.4) is 0 Å². The van der Waals surface area contributed by atoms with Crippen molar-refractivity contribution >= 4 is 11.6 Å². The quantitative estimate of drug-likeness (QED) is 0.586. The molecule has 0 unspecified atom stereocenters. The van der Waals surface area contributed by atoms with E-state index in [2.05, 4.69) is 23.5 Å². The van der Waals surface area contributed by atoms with E-state index in [0.29, 0.717) is 17.5 Å². The van der Waals surface area contributed by atoms with Crippen LogP contribution in [-0.4, -0.2) is 21.4 Å². The van der Waals surface area contributed by atoms with E-state index in [1.807, 2.05) is 24.3 Å². The molecule has 2 fully saturated rings. The van der Waals surface area contributed by atoms with Gasteiger partial charge in [0.2, 0.25) is 0 Å². The number of benzene rings is 1. The van der Waals surface area contributed by atoms with Crippen molar-refractivity contribution in [2.24, 2.45) is 0 Å². The van der Waals surface area contributed by atoms with E-state index in [1.165, 1.54) is 25.7 Å². The summed E-state index contributed by atoms with van der Waals surface area (Å²) in [5.74, 6) is 2.08. The van der Waals surface area contributed by atoms with E-state index in [9.17, 15) is 4.39 Å². The summed E-state index contributed by atoms with van der Waals surface area (Å²) < 4.78 is 16.2. The van der Waals surface area contributed by atoms with Crippen molar-refractivity contribution in [1.82, 2.24) is 14.8 Å². The predicted octanol–water partition coefficient (Wildman–Crippen LogP) is 5.76. The van der Waals surface area contributed by atoms with Crippen LogP contribution in [0.2, 0.25) is 5.02 Å². The van der Waals surface area contributed by atoms with Gasteiger partial charge in [0.05, 0.1) is 12.1 Å². The zero-order valence-electron chi connectivity index (χ0n) is 15.6. The van der Waals surface area contributed by atoms with Gasteiger partial charge in [-0.05, 0) is 56.2 Å². The highest BCUT2D eigenvalue weighted by Gasteiger charge is 2.49. The molecule has 3 nitrogen and oxygen atoms in total. The SMILES string of the molecule is CCC[C@@](CCF)(c1ccc(Cl)cc1)c1nnc(C2(C)CC2)n1C1CC1. The zero-order chi connectivity index (χ0) is 18.4. The number of rotatable bonds is 8. The van der Waals surface area contributed by atoms with Gasteiger partial charge in [-0.3, -0.25) is 4.39 Å². The highest BCUT2D eigenvalue weighted by molar-refractivity contribution is 6.30. The highest BCUT2D eigenvalue weighted by Crippen LogP contribution is 2.52. The average molecular weight is 376 g/mol. The fourth-order valence-corrected chi connectivity index (χ4v) is 4.37. The third-order valence-electron chi connectivity index (χ3n) is 6.17. The van der Waals surface area contributed by atoms with Crippen LogP contribution in [-0.2, 0) is 10.8 Å². The number of halogens is 2.